The van der Waals surface area contributed by atoms with Crippen LogP contribution in [-0.2, 0) is 9.59 Å². The number of hydrogen-bond acceptors (Lipinski definition) is 4. The summed E-state index contributed by atoms with van der Waals surface area (Å²) in [6.45, 7) is 2.97. The molecule has 34 heavy (non-hydrogen) atoms. The Morgan fingerprint density at radius 1 is 0.941 bits per heavy atom. The van der Waals surface area contributed by atoms with E-state index in [1.807, 2.05) is 61.5 Å². The van der Waals surface area contributed by atoms with Gasteiger partial charge < -0.3 is 20.7 Å². The zero-order valence-electron chi connectivity index (χ0n) is 20.5. The minimum absolute atomic E-state index is 0.105. The number of carbonyl (C=O) groups excluding carboxylic acids is 2. The second-order valence-electron chi connectivity index (χ2n) is 9.22. The molecular formula is C28H39N3O3. The van der Waals surface area contributed by atoms with E-state index in [9.17, 15) is 9.59 Å². The molecule has 0 heterocycles. The molecule has 3 N–H and O–H groups in total. The Hall–Kier alpha value is -3.02. The minimum Gasteiger partial charge on any atom is -0.497 e. The Balaban J connectivity index is 1.52. The van der Waals surface area contributed by atoms with Crippen LogP contribution >= 0.6 is 0 Å². The first kappa shape index (κ1) is 25.6. The smallest absolute Gasteiger partial charge is 0.242 e. The lowest BCUT2D eigenvalue weighted by Crippen LogP contribution is -2.48. The van der Waals surface area contributed by atoms with Gasteiger partial charge in [0, 0.05) is 18.8 Å². The van der Waals surface area contributed by atoms with Gasteiger partial charge in [-0.15, -0.1) is 0 Å². The van der Waals surface area contributed by atoms with Gasteiger partial charge in [0.15, 0.2) is 0 Å². The quantitative estimate of drug-likeness (QED) is 0.391. The van der Waals surface area contributed by atoms with Crippen LogP contribution in [0.2, 0.25) is 0 Å². The summed E-state index contributed by atoms with van der Waals surface area (Å²) in [5, 5.41) is 9.34. The van der Waals surface area contributed by atoms with Gasteiger partial charge in [0.05, 0.1) is 13.0 Å². The van der Waals surface area contributed by atoms with Gasteiger partial charge in [-0.05, 0) is 55.5 Å². The van der Waals surface area contributed by atoms with Gasteiger partial charge in [0.1, 0.15) is 11.8 Å². The van der Waals surface area contributed by atoms with Crippen molar-refractivity contribution in [2.24, 2.45) is 5.92 Å². The summed E-state index contributed by atoms with van der Waals surface area (Å²) in [5.74, 6) is 0.944. The van der Waals surface area contributed by atoms with Crippen molar-refractivity contribution in [2.75, 3.05) is 25.5 Å². The molecule has 2 atom stereocenters. The summed E-state index contributed by atoms with van der Waals surface area (Å²) in [7, 11) is 1.64. The molecule has 1 saturated carbocycles. The lowest BCUT2D eigenvalue weighted by atomic mass is 9.85. The standard InChI is InChI=1S/C28H39N3O3/c1-21(23-11-7-4-8-12-23)27(32)31-26(18-13-22-9-5-3-6-10-22)28(33)30-20-19-29-24-14-16-25(34-2)17-15-24/h4,7-8,11-12,14-17,21-22,26,29H,3,5-6,9-10,13,18-20H2,1-2H3,(H,30,33)(H,31,32)/t21-,26?/m0/s1. The molecule has 0 radical (unpaired) electrons. The highest BCUT2D eigenvalue weighted by Gasteiger charge is 2.25. The van der Waals surface area contributed by atoms with Crippen LogP contribution in [0.3, 0.4) is 0 Å². The third-order valence-electron chi connectivity index (χ3n) is 6.76. The van der Waals surface area contributed by atoms with Gasteiger partial charge in [-0.25, -0.2) is 0 Å². The van der Waals surface area contributed by atoms with Crippen LogP contribution < -0.4 is 20.7 Å². The largest absolute Gasteiger partial charge is 0.497 e. The van der Waals surface area contributed by atoms with Gasteiger partial charge in [0.2, 0.25) is 11.8 Å². The van der Waals surface area contributed by atoms with E-state index in [0.717, 1.165) is 23.4 Å². The molecule has 2 amide bonds. The maximum Gasteiger partial charge on any atom is 0.242 e. The molecule has 1 aliphatic rings. The normalized spacial score (nSPS) is 15.7. The fourth-order valence-corrected chi connectivity index (χ4v) is 4.56. The van der Waals surface area contributed by atoms with Crippen molar-refractivity contribution in [3.63, 3.8) is 0 Å². The number of carbonyl (C=O) groups is 2. The highest BCUT2D eigenvalue weighted by molar-refractivity contribution is 5.90. The summed E-state index contributed by atoms with van der Waals surface area (Å²) in [6.07, 6.45) is 7.97. The maximum absolute atomic E-state index is 13.0. The maximum atomic E-state index is 13.0. The van der Waals surface area contributed by atoms with Crippen molar-refractivity contribution in [1.82, 2.24) is 10.6 Å². The van der Waals surface area contributed by atoms with E-state index in [2.05, 4.69) is 16.0 Å². The molecular weight excluding hydrogens is 426 g/mol. The van der Waals surface area contributed by atoms with Gasteiger partial charge >= 0.3 is 0 Å². The van der Waals surface area contributed by atoms with Crippen molar-refractivity contribution < 1.29 is 14.3 Å². The van der Waals surface area contributed by atoms with Crippen molar-refractivity contribution in [3.8, 4) is 5.75 Å². The van der Waals surface area contributed by atoms with E-state index in [1.165, 1.54) is 32.1 Å². The molecule has 1 unspecified atom stereocenters. The molecule has 0 aromatic heterocycles. The van der Waals surface area contributed by atoms with E-state index in [4.69, 9.17) is 4.74 Å². The zero-order valence-corrected chi connectivity index (χ0v) is 20.5. The summed E-state index contributed by atoms with van der Waals surface area (Å²) >= 11 is 0. The van der Waals surface area contributed by atoms with E-state index in [0.29, 0.717) is 25.4 Å². The monoisotopic (exact) mass is 465 g/mol. The van der Waals surface area contributed by atoms with E-state index >= 15 is 0 Å². The number of amides is 2. The number of anilines is 1. The molecule has 6 nitrogen and oxygen atoms in total. The van der Waals surface area contributed by atoms with E-state index < -0.39 is 6.04 Å². The highest BCUT2D eigenvalue weighted by atomic mass is 16.5. The lowest BCUT2D eigenvalue weighted by Gasteiger charge is -2.25. The van der Waals surface area contributed by atoms with Crippen LogP contribution in [0.25, 0.3) is 0 Å². The van der Waals surface area contributed by atoms with Gasteiger partial charge in [-0.1, -0.05) is 62.4 Å². The first-order valence-electron chi connectivity index (χ1n) is 12.6. The third-order valence-corrected chi connectivity index (χ3v) is 6.76. The fourth-order valence-electron chi connectivity index (χ4n) is 4.56. The van der Waals surface area contributed by atoms with Crippen LogP contribution in [-0.4, -0.2) is 38.1 Å². The second-order valence-corrected chi connectivity index (χ2v) is 9.22. The lowest BCUT2D eigenvalue weighted by molar-refractivity contribution is -0.129. The Morgan fingerprint density at radius 2 is 1.65 bits per heavy atom. The molecule has 0 spiro atoms. The Kier molecular flexibility index (Phi) is 10.3. The minimum atomic E-state index is -0.512. The number of benzene rings is 2. The van der Waals surface area contributed by atoms with Gasteiger partial charge in [0.25, 0.3) is 0 Å². The zero-order chi connectivity index (χ0) is 24.2. The number of ether oxygens (including phenoxy) is 1. The molecule has 0 aliphatic heterocycles. The first-order valence-corrected chi connectivity index (χ1v) is 12.6. The van der Waals surface area contributed by atoms with E-state index in [-0.39, 0.29) is 17.7 Å². The summed E-state index contributed by atoms with van der Waals surface area (Å²) in [4.78, 5) is 26.0. The molecule has 0 saturated heterocycles. The van der Waals surface area contributed by atoms with Crippen molar-refractivity contribution in [1.29, 1.82) is 0 Å². The highest BCUT2D eigenvalue weighted by Crippen LogP contribution is 2.28. The number of methoxy groups -OCH3 is 1. The fraction of sp³-hybridized carbons (Fsp3) is 0.500. The molecule has 184 valence electrons. The van der Waals surface area contributed by atoms with Crippen LogP contribution in [0.1, 0.15) is 63.4 Å². The Labute approximate surface area is 203 Å². The predicted octanol–water partition coefficient (Wildman–Crippen LogP) is 4.87. The average Bonchev–Trinajstić information content (AvgIpc) is 2.89. The number of hydrogen-bond donors (Lipinski definition) is 3. The second kappa shape index (κ2) is 13.6. The molecule has 6 heteroatoms. The molecule has 2 aromatic rings. The van der Waals surface area contributed by atoms with Crippen molar-refractivity contribution in [3.05, 3.63) is 60.2 Å². The van der Waals surface area contributed by atoms with E-state index in [1.54, 1.807) is 7.11 Å². The molecule has 2 aromatic carbocycles. The van der Waals surface area contributed by atoms with Crippen LogP contribution in [0.5, 0.6) is 5.75 Å². The SMILES string of the molecule is COc1ccc(NCCNC(=O)C(CCC2CCCCC2)NC(=O)[C@@H](C)c2ccccc2)cc1. The van der Waals surface area contributed by atoms with Gasteiger partial charge in [-0.3, -0.25) is 9.59 Å². The number of nitrogens with one attached hydrogen (secondary N) is 3. The third kappa shape index (κ3) is 8.08. The molecule has 1 aliphatic carbocycles. The van der Waals surface area contributed by atoms with Crippen LogP contribution in [0.15, 0.2) is 54.6 Å². The summed E-state index contributed by atoms with van der Waals surface area (Å²) in [6, 6.07) is 16.9. The average molecular weight is 466 g/mol. The van der Waals surface area contributed by atoms with Crippen LogP contribution in [0.4, 0.5) is 5.69 Å². The van der Waals surface area contributed by atoms with Crippen molar-refractivity contribution >= 4 is 17.5 Å². The van der Waals surface area contributed by atoms with Gasteiger partial charge in [-0.2, -0.15) is 0 Å². The summed E-state index contributed by atoms with van der Waals surface area (Å²) < 4.78 is 5.18. The summed E-state index contributed by atoms with van der Waals surface area (Å²) in [5.41, 5.74) is 1.92. The molecule has 1 fully saturated rings. The van der Waals surface area contributed by atoms with Crippen LogP contribution in [0, 0.1) is 5.92 Å². The first-order chi connectivity index (χ1) is 16.6. The number of rotatable bonds is 12. The molecule has 3 rings (SSSR count). The van der Waals surface area contributed by atoms with Crippen molar-refractivity contribution in [2.45, 2.75) is 63.8 Å². The topological polar surface area (TPSA) is 79.5 Å². The Morgan fingerprint density at radius 3 is 2.32 bits per heavy atom. The Bertz CT molecular complexity index is 880. The predicted molar refractivity (Wildman–Crippen MR) is 137 cm³/mol. The molecule has 0 bridgehead atoms.